The molecule has 524 valence electrons. The predicted octanol–water partition coefficient (Wildman–Crippen LogP) is 31.2. The molecule has 0 nitrogen and oxygen atoms in total. The van der Waals surface area contributed by atoms with E-state index in [1.54, 1.807) is 0 Å². The highest BCUT2D eigenvalue weighted by molar-refractivity contribution is 6.26. The summed E-state index contributed by atoms with van der Waals surface area (Å²) in [6.07, 6.45) is 0. The van der Waals surface area contributed by atoms with E-state index in [-0.39, 0.29) is 10.8 Å². The molecule has 0 N–H and O–H groups in total. The van der Waals surface area contributed by atoms with Gasteiger partial charge in [-0.3, -0.25) is 0 Å². The summed E-state index contributed by atoms with van der Waals surface area (Å²) >= 11 is 0. The number of hydrogen-bond donors (Lipinski definition) is 0. The van der Waals surface area contributed by atoms with E-state index < -0.39 is 0 Å². The van der Waals surface area contributed by atoms with Gasteiger partial charge in [-0.15, -0.1) is 0 Å². The van der Waals surface area contributed by atoms with E-state index in [1.807, 2.05) is 0 Å². The highest BCUT2D eigenvalue weighted by Gasteiger charge is 2.40. The van der Waals surface area contributed by atoms with Crippen LogP contribution in [0.5, 0.6) is 0 Å². The molecule has 112 heavy (non-hydrogen) atoms. The second-order valence-electron chi connectivity index (χ2n) is 31.9. The minimum absolute atomic E-state index is 0.0849. The summed E-state index contributed by atoms with van der Waals surface area (Å²) in [6, 6.07) is 145. The summed E-state index contributed by atoms with van der Waals surface area (Å²) in [5.74, 6) is 0. The van der Waals surface area contributed by atoms with Gasteiger partial charge in [-0.05, 0) is 248 Å². The molecule has 0 saturated heterocycles. The van der Waals surface area contributed by atoms with Crippen LogP contribution in [0, 0.1) is 0 Å². The second-order valence-corrected chi connectivity index (χ2v) is 31.9. The van der Waals surface area contributed by atoms with Crippen molar-refractivity contribution in [3.05, 3.63) is 411 Å². The fraction of sp³-hybridized carbons (Fsp3) is 0.0536. The summed E-state index contributed by atoms with van der Waals surface area (Å²) in [7, 11) is 0. The maximum Gasteiger partial charge on any atom is 0.0159 e. The Bertz CT molecular complexity index is 7430. The van der Waals surface area contributed by atoms with Crippen molar-refractivity contribution in [2.45, 2.75) is 38.5 Å². The van der Waals surface area contributed by atoms with Crippen molar-refractivity contribution in [3.8, 4) is 100 Å². The summed E-state index contributed by atoms with van der Waals surface area (Å²) in [6.45, 7) is 9.52. The van der Waals surface area contributed by atoms with Crippen LogP contribution >= 0.6 is 0 Å². The van der Waals surface area contributed by atoms with Gasteiger partial charge in [-0.2, -0.15) is 0 Å². The van der Waals surface area contributed by atoms with Gasteiger partial charge in [-0.25, -0.2) is 0 Å². The van der Waals surface area contributed by atoms with Crippen molar-refractivity contribution in [2.24, 2.45) is 0 Å². The van der Waals surface area contributed by atoms with Gasteiger partial charge >= 0.3 is 0 Å². The minimum Gasteiger partial charge on any atom is -0.0616 e. The van der Waals surface area contributed by atoms with Crippen LogP contribution in [0.1, 0.15) is 49.9 Å². The summed E-state index contributed by atoms with van der Waals surface area (Å²) < 4.78 is 0. The molecular weight excluding hydrogens is 1350 g/mol. The Morgan fingerprint density at radius 2 is 0.429 bits per heavy atom. The molecule has 0 aromatic heterocycles. The van der Waals surface area contributed by atoms with Crippen LogP contribution in [0.2, 0.25) is 0 Å². The van der Waals surface area contributed by atoms with Crippen LogP contribution in [0.4, 0.5) is 0 Å². The van der Waals surface area contributed by atoms with Gasteiger partial charge in [0, 0.05) is 10.8 Å². The molecule has 0 fully saturated rings. The van der Waals surface area contributed by atoms with Crippen LogP contribution in [0.15, 0.2) is 388 Å². The molecule has 0 radical (unpaired) electrons. The standard InChI is InChI=1S/C59H40.C53H36/c1-59(2)53-28-14-27-45(58(53)57-44-20-6-3-15-37(44)33-34-54(57)59)40-17-13-18-42(35-40)56-50-25-11-9-23-48(50)55(49-24-10-12-26-51(49)56)39-31-29-38(30-32-39)52-36-41-16-4-5-19-43(41)46-21-7-8-22-47(46)52;1-53(2)47-27-13-24-39(52(47)51-38-19-6-4-15-34(38)29-31-48(51)53)35-16-11-17-36(32-35)49-43-20-7-9-22-45(43)50(46-23-10-8-21-44(46)49)42-26-12-25-40-37-18-5-3-14-33(37)28-30-41(40)42/h3-36H,1-2H3;3-32H,1-2H3. The monoisotopic (exact) mass is 1420 g/mol. The molecule has 0 heteroatoms. The van der Waals surface area contributed by atoms with Gasteiger partial charge < -0.3 is 0 Å². The van der Waals surface area contributed by atoms with Gasteiger partial charge in [0.05, 0.1) is 0 Å². The van der Waals surface area contributed by atoms with Gasteiger partial charge in [0.15, 0.2) is 0 Å². The third-order valence-corrected chi connectivity index (χ3v) is 25.3. The molecule has 21 aromatic rings. The van der Waals surface area contributed by atoms with Gasteiger partial charge in [0.2, 0.25) is 0 Å². The molecule has 23 rings (SSSR count). The summed E-state index contributed by atoms with van der Waals surface area (Å²) in [5.41, 5.74) is 28.6. The Labute approximate surface area is 652 Å². The van der Waals surface area contributed by atoms with Crippen LogP contribution in [0.3, 0.4) is 0 Å². The zero-order chi connectivity index (χ0) is 74.5. The number of fused-ring (bicyclic) bond motifs is 20. The lowest BCUT2D eigenvalue weighted by Crippen LogP contribution is -2.14. The van der Waals surface area contributed by atoms with E-state index in [4.69, 9.17) is 0 Å². The van der Waals surface area contributed by atoms with Crippen molar-refractivity contribution in [3.63, 3.8) is 0 Å². The van der Waals surface area contributed by atoms with Gasteiger partial charge in [0.1, 0.15) is 0 Å². The highest BCUT2D eigenvalue weighted by atomic mass is 14.4. The maximum atomic E-state index is 2.43. The average molecular weight is 1420 g/mol. The molecule has 0 heterocycles. The zero-order valence-electron chi connectivity index (χ0n) is 63.0. The quantitative estimate of drug-likeness (QED) is 0.110. The van der Waals surface area contributed by atoms with Crippen molar-refractivity contribution < 1.29 is 0 Å². The molecule has 0 amide bonds. The lowest BCUT2D eigenvalue weighted by Gasteiger charge is -2.22. The van der Waals surface area contributed by atoms with Crippen LogP contribution in [-0.4, -0.2) is 0 Å². The van der Waals surface area contributed by atoms with Gasteiger partial charge in [-0.1, -0.05) is 398 Å². The Balaban J connectivity index is 0.000000138. The van der Waals surface area contributed by atoms with E-state index in [1.165, 1.54) is 230 Å². The third-order valence-electron chi connectivity index (χ3n) is 25.3. The van der Waals surface area contributed by atoms with Crippen LogP contribution < -0.4 is 0 Å². The van der Waals surface area contributed by atoms with E-state index in [2.05, 4.69) is 416 Å². The highest BCUT2D eigenvalue weighted by Crippen LogP contribution is 2.58. The molecule has 0 atom stereocenters. The van der Waals surface area contributed by atoms with Crippen LogP contribution in [-0.2, 0) is 10.8 Å². The third kappa shape index (κ3) is 9.94. The van der Waals surface area contributed by atoms with Gasteiger partial charge in [0.25, 0.3) is 0 Å². The second kappa shape index (κ2) is 25.4. The van der Waals surface area contributed by atoms with Crippen LogP contribution in [0.25, 0.3) is 208 Å². The molecule has 2 aliphatic rings. The number of hydrogen-bond acceptors (Lipinski definition) is 0. The topological polar surface area (TPSA) is 0 Å². The van der Waals surface area contributed by atoms with Crippen molar-refractivity contribution >= 4 is 108 Å². The minimum atomic E-state index is -0.0913. The first-order valence-corrected chi connectivity index (χ1v) is 39.5. The molecule has 2 aliphatic carbocycles. The lowest BCUT2D eigenvalue weighted by molar-refractivity contribution is 0.661. The fourth-order valence-electron chi connectivity index (χ4n) is 20.1. The molecular formula is C112H76. The molecule has 0 unspecified atom stereocenters. The Morgan fingerprint density at radius 3 is 0.893 bits per heavy atom. The van der Waals surface area contributed by atoms with Crippen molar-refractivity contribution in [1.82, 2.24) is 0 Å². The Hall–Kier alpha value is -13.8. The molecule has 0 aliphatic heterocycles. The SMILES string of the molecule is CC1(C)c2cccc(-c3cccc(-c4c5ccccc5c(-c5ccc(-c6cc7ccccc7c7ccccc67)cc5)c5ccccc45)c3)c2-c2c1ccc1ccccc21.CC1(C)c2cccc(-c3cccc(-c4c5ccccc5c(-c5cccc6c5ccc5ccccc56)c5ccccc45)c3)c2-c2c1ccc1ccccc21. The summed E-state index contributed by atoms with van der Waals surface area (Å²) in [4.78, 5) is 0. The zero-order valence-corrected chi connectivity index (χ0v) is 63.0. The smallest absolute Gasteiger partial charge is 0.0159 e. The Morgan fingerprint density at radius 1 is 0.134 bits per heavy atom. The van der Waals surface area contributed by atoms with Crippen molar-refractivity contribution in [1.29, 1.82) is 0 Å². The number of rotatable bonds is 7. The number of benzene rings is 21. The maximum absolute atomic E-state index is 2.43. The summed E-state index contributed by atoms with van der Waals surface area (Å²) in [5, 5.41) is 25.6. The first kappa shape index (κ1) is 65.3. The molecule has 21 aromatic carbocycles. The van der Waals surface area contributed by atoms with E-state index >= 15 is 0 Å². The normalized spacial score (nSPS) is 13.1. The lowest BCUT2D eigenvalue weighted by atomic mass is 9.81. The largest absolute Gasteiger partial charge is 0.0616 e. The Kier molecular flexibility index (Phi) is 14.8. The predicted molar refractivity (Wildman–Crippen MR) is 481 cm³/mol. The van der Waals surface area contributed by atoms with E-state index in [0.29, 0.717) is 0 Å². The van der Waals surface area contributed by atoms with E-state index in [9.17, 15) is 0 Å². The molecule has 0 saturated carbocycles. The molecule has 0 bridgehead atoms. The van der Waals surface area contributed by atoms with Crippen molar-refractivity contribution in [2.75, 3.05) is 0 Å². The average Bonchev–Trinajstić information content (AvgIpc) is 1.58. The first-order chi connectivity index (χ1) is 55.1. The molecule has 0 spiro atoms. The first-order valence-electron chi connectivity index (χ1n) is 39.5. The fourth-order valence-corrected chi connectivity index (χ4v) is 20.1. The van der Waals surface area contributed by atoms with E-state index in [0.717, 1.165) is 0 Å².